The number of hydrogen-bond donors (Lipinski definition) is 3. The number of hydrogen-bond acceptors (Lipinski definition) is 9. The molecule has 1 aliphatic heterocycles. The number of benzene rings is 5. The summed E-state index contributed by atoms with van der Waals surface area (Å²) in [5.74, 6) is 0.231. The molecule has 0 spiro atoms. The molecular formula is C45H44N4O6S2. The van der Waals surface area contributed by atoms with E-state index in [9.17, 15) is 18.3 Å². The maximum atomic E-state index is 13.6. The van der Waals surface area contributed by atoms with E-state index in [1.165, 1.54) is 12.1 Å². The topological polar surface area (TPSA) is 140 Å². The van der Waals surface area contributed by atoms with Crippen molar-refractivity contribution in [2.45, 2.75) is 67.5 Å². The minimum Gasteiger partial charge on any atom is -0.392 e. The fourth-order valence-electron chi connectivity index (χ4n) is 6.57. The number of nitrogens with one attached hydrogen (secondary N) is 2. The SMILES string of the molecule is Cc1ccc(S(=O)(=O)N[C@H](Cc2ccccc2)C(=O)NCc2cccc(-c3ccc([C@@H]4O[C@H](CSc5ncccn5)C[C@H](c5ccc(CO)cc5)O4)cc3)c2)cc1. The Labute approximate surface area is 337 Å². The maximum absolute atomic E-state index is 13.6. The van der Waals surface area contributed by atoms with Gasteiger partial charge in [0.25, 0.3) is 0 Å². The molecule has 0 bridgehead atoms. The molecule has 57 heavy (non-hydrogen) atoms. The Kier molecular flexibility index (Phi) is 13.2. The lowest BCUT2D eigenvalue weighted by Gasteiger charge is -2.36. The standard InChI is InChI=1S/C45H44N4O6S2/c1-31-11-21-40(22-12-31)57(52,53)49-41(26-32-7-3-2-4-8-32)43(51)48-28-34-9-5-10-38(25-34)35-17-19-37(20-18-35)44-54-39(30-56-45-46-23-6-24-47-45)27-42(55-44)36-15-13-33(29-50)14-16-36/h2-25,39,41-42,44,49-50H,26-30H2,1H3,(H,48,51)/t39-,41+,42+,44+/m0/s1. The van der Waals surface area contributed by atoms with Crippen LogP contribution < -0.4 is 10.0 Å². The van der Waals surface area contributed by atoms with Crippen LogP contribution in [0.15, 0.2) is 156 Å². The monoisotopic (exact) mass is 800 g/mol. The van der Waals surface area contributed by atoms with Crippen molar-refractivity contribution < 1.29 is 27.8 Å². The van der Waals surface area contributed by atoms with Gasteiger partial charge < -0.3 is 19.9 Å². The number of aromatic nitrogens is 2. The minimum absolute atomic E-state index is 0.0219. The number of rotatable bonds is 15. The molecule has 10 nitrogen and oxygen atoms in total. The van der Waals surface area contributed by atoms with Crippen LogP contribution in [0.2, 0.25) is 0 Å². The number of ether oxygens (including phenoxy) is 2. The van der Waals surface area contributed by atoms with Crippen molar-refractivity contribution >= 4 is 27.7 Å². The van der Waals surface area contributed by atoms with Crippen molar-refractivity contribution in [3.05, 3.63) is 179 Å². The van der Waals surface area contributed by atoms with Gasteiger partial charge in [-0.25, -0.2) is 18.4 Å². The highest BCUT2D eigenvalue weighted by Crippen LogP contribution is 2.39. The second-order valence-electron chi connectivity index (χ2n) is 13.9. The highest BCUT2D eigenvalue weighted by Gasteiger charge is 2.32. The first-order chi connectivity index (χ1) is 27.7. The summed E-state index contributed by atoms with van der Waals surface area (Å²) in [5, 5.41) is 13.2. The summed E-state index contributed by atoms with van der Waals surface area (Å²) < 4.78 is 42.3. The number of carbonyl (C=O) groups is 1. The van der Waals surface area contributed by atoms with E-state index in [0.29, 0.717) is 17.3 Å². The number of aliphatic hydroxyl groups excluding tert-OH is 1. The zero-order chi connectivity index (χ0) is 39.6. The minimum atomic E-state index is -3.96. The van der Waals surface area contributed by atoms with Crippen LogP contribution in [0.3, 0.4) is 0 Å². The van der Waals surface area contributed by atoms with Crippen molar-refractivity contribution in [2.75, 3.05) is 5.75 Å². The van der Waals surface area contributed by atoms with E-state index in [0.717, 1.165) is 44.5 Å². The van der Waals surface area contributed by atoms with E-state index in [1.807, 2.05) is 110 Å². The van der Waals surface area contributed by atoms with E-state index in [2.05, 4.69) is 20.0 Å². The Bertz CT molecular complexity index is 2330. The molecule has 1 saturated heterocycles. The van der Waals surface area contributed by atoms with Gasteiger partial charge in [-0.3, -0.25) is 4.79 Å². The Morgan fingerprint density at radius 1 is 0.789 bits per heavy atom. The van der Waals surface area contributed by atoms with Gasteiger partial charge in [-0.05, 0) is 71.0 Å². The van der Waals surface area contributed by atoms with Crippen LogP contribution in [-0.4, -0.2) is 47.3 Å². The molecule has 1 fully saturated rings. The van der Waals surface area contributed by atoms with Crippen LogP contribution >= 0.6 is 11.8 Å². The summed E-state index contributed by atoms with van der Waals surface area (Å²) in [6, 6.07) is 40.4. The first-order valence-electron chi connectivity index (χ1n) is 18.7. The fourth-order valence-corrected chi connectivity index (χ4v) is 8.58. The molecule has 0 unspecified atom stereocenters. The lowest BCUT2D eigenvalue weighted by atomic mass is 9.99. The average molecular weight is 801 g/mol. The normalized spacial score (nSPS) is 17.5. The molecule has 1 amide bonds. The molecule has 1 aromatic heterocycles. The number of aryl methyl sites for hydroxylation is 1. The second-order valence-corrected chi connectivity index (χ2v) is 16.6. The zero-order valence-electron chi connectivity index (χ0n) is 31.4. The van der Waals surface area contributed by atoms with Crippen molar-refractivity contribution in [3.63, 3.8) is 0 Å². The molecule has 5 aromatic carbocycles. The highest BCUT2D eigenvalue weighted by atomic mass is 32.2. The molecule has 1 aliphatic rings. The Morgan fingerprint density at radius 2 is 1.49 bits per heavy atom. The smallest absolute Gasteiger partial charge is 0.241 e. The number of carbonyl (C=O) groups excluding carboxylic acids is 1. The third kappa shape index (κ3) is 10.8. The first-order valence-corrected chi connectivity index (χ1v) is 21.2. The summed E-state index contributed by atoms with van der Waals surface area (Å²) in [6.45, 7) is 2.07. The molecule has 4 atom stereocenters. The zero-order valence-corrected chi connectivity index (χ0v) is 33.0. The van der Waals surface area contributed by atoms with Gasteiger partial charge in [0.15, 0.2) is 11.4 Å². The number of aliphatic hydroxyl groups is 1. The van der Waals surface area contributed by atoms with E-state index in [4.69, 9.17) is 9.47 Å². The van der Waals surface area contributed by atoms with Gasteiger partial charge in [-0.2, -0.15) is 4.72 Å². The van der Waals surface area contributed by atoms with Crippen molar-refractivity contribution in [2.24, 2.45) is 0 Å². The van der Waals surface area contributed by atoms with Crippen LogP contribution in [0, 0.1) is 6.92 Å². The molecule has 0 radical (unpaired) electrons. The van der Waals surface area contributed by atoms with E-state index >= 15 is 0 Å². The predicted molar refractivity (Wildman–Crippen MR) is 220 cm³/mol. The lowest BCUT2D eigenvalue weighted by molar-refractivity contribution is -0.245. The number of sulfonamides is 1. The summed E-state index contributed by atoms with van der Waals surface area (Å²) >= 11 is 1.55. The molecule has 12 heteroatoms. The van der Waals surface area contributed by atoms with Gasteiger partial charge >= 0.3 is 0 Å². The third-order valence-corrected chi connectivity index (χ3v) is 12.2. The lowest BCUT2D eigenvalue weighted by Crippen LogP contribution is -2.47. The van der Waals surface area contributed by atoms with Crippen LogP contribution in [0.25, 0.3) is 11.1 Å². The van der Waals surface area contributed by atoms with Crippen LogP contribution in [0.5, 0.6) is 0 Å². The molecule has 6 aromatic rings. The van der Waals surface area contributed by atoms with Crippen LogP contribution in [0.4, 0.5) is 0 Å². The van der Waals surface area contributed by atoms with E-state index in [-0.39, 0.29) is 36.7 Å². The molecule has 2 heterocycles. The predicted octanol–water partition coefficient (Wildman–Crippen LogP) is 7.49. The van der Waals surface area contributed by atoms with Gasteiger partial charge in [0.2, 0.25) is 15.9 Å². The van der Waals surface area contributed by atoms with Gasteiger partial charge in [-0.1, -0.05) is 127 Å². The largest absolute Gasteiger partial charge is 0.392 e. The Balaban J connectivity index is 1.03. The Hall–Kier alpha value is -5.21. The number of nitrogens with zero attached hydrogens (tertiary/aromatic N) is 2. The molecule has 292 valence electrons. The highest BCUT2D eigenvalue weighted by molar-refractivity contribution is 7.99. The van der Waals surface area contributed by atoms with Gasteiger partial charge in [0, 0.05) is 36.7 Å². The Morgan fingerprint density at radius 3 is 2.21 bits per heavy atom. The number of thioether (sulfide) groups is 1. The van der Waals surface area contributed by atoms with Crippen LogP contribution in [0.1, 0.15) is 52.2 Å². The fraction of sp³-hybridized carbons (Fsp3) is 0.222. The van der Waals surface area contributed by atoms with Gasteiger partial charge in [0.05, 0.1) is 23.7 Å². The van der Waals surface area contributed by atoms with E-state index in [1.54, 1.807) is 42.4 Å². The van der Waals surface area contributed by atoms with Gasteiger partial charge in [0.1, 0.15) is 6.04 Å². The van der Waals surface area contributed by atoms with Crippen LogP contribution in [-0.2, 0) is 43.9 Å². The van der Waals surface area contributed by atoms with Crippen molar-refractivity contribution in [1.82, 2.24) is 20.0 Å². The quantitative estimate of drug-likeness (QED) is 0.0713. The summed E-state index contributed by atoms with van der Waals surface area (Å²) in [6.07, 6.45) is 3.35. The summed E-state index contributed by atoms with van der Waals surface area (Å²) in [7, 11) is -3.96. The van der Waals surface area contributed by atoms with Crippen molar-refractivity contribution in [3.8, 4) is 11.1 Å². The maximum Gasteiger partial charge on any atom is 0.241 e. The number of amides is 1. The first kappa shape index (κ1) is 40.0. The molecule has 0 aliphatic carbocycles. The molecular weight excluding hydrogens is 757 g/mol. The molecule has 0 saturated carbocycles. The summed E-state index contributed by atoms with van der Waals surface area (Å²) in [5.41, 5.74) is 7.30. The molecule has 7 rings (SSSR count). The summed E-state index contributed by atoms with van der Waals surface area (Å²) in [4.78, 5) is 22.4. The van der Waals surface area contributed by atoms with Crippen molar-refractivity contribution in [1.29, 1.82) is 0 Å². The third-order valence-electron chi connectivity index (χ3n) is 9.69. The molecule has 3 N–H and O–H groups in total. The average Bonchev–Trinajstić information content (AvgIpc) is 3.25. The van der Waals surface area contributed by atoms with Gasteiger partial charge in [-0.15, -0.1) is 0 Å². The van der Waals surface area contributed by atoms with E-state index < -0.39 is 28.3 Å². The second kappa shape index (κ2) is 18.8.